The second-order valence-electron chi connectivity index (χ2n) is 2.16. The Morgan fingerprint density at radius 2 is 2.33 bits per heavy atom. The summed E-state index contributed by atoms with van der Waals surface area (Å²) < 4.78 is 15.8. The molecule has 0 heterocycles. The molecule has 0 fully saturated rings. The molecule has 0 saturated carbocycles. The number of hydrogen-bond acceptors (Lipinski definition) is 3. The lowest BCUT2D eigenvalue weighted by molar-refractivity contribution is -0.136. The molecule has 72 valence electrons. The van der Waals surface area contributed by atoms with Gasteiger partial charge in [-0.2, -0.15) is 0 Å². The van der Waals surface area contributed by atoms with E-state index in [1.54, 1.807) is 6.92 Å². The standard InChI is InChI=1S/C6H12ClO4P/c1-2-5(6(8)9)12(10)11-4-3-7/h5,12H,2-4H2,1H3,(H,8,9). The number of rotatable bonds is 6. The minimum atomic E-state index is -2.48. The molecule has 0 aromatic carbocycles. The molecule has 0 bridgehead atoms. The van der Waals surface area contributed by atoms with Gasteiger partial charge in [0, 0.05) is 5.88 Å². The molecule has 4 nitrogen and oxygen atoms in total. The van der Waals surface area contributed by atoms with Crippen molar-refractivity contribution in [1.82, 2.24) is 0 Å². The summed E-state index contributed by atoms with van der Waals surface area (Å²) in [5, 5.41) is 8.56. The number of carbonyl (C=O) groups is 1. The van der Waals surface area contributed by atoms with E-state index in [-0.39, 0.29) is 12.5 Å². The fourth-order valence-electron chi connectivity index (χ4n) is 0.682. The van der Waals surface area contributed by atoms with Gasteiger partial charge in [0.1, 0.15) is 5.66 Å². The number of aliphatic carboxylic acids is 1. The Morgan fingerprint density at radius 1 is 1.75 bits per heavy atom. The third-order valence-electron chi connectivity index (χ3n) is 1.31. The number of halogens is 1. The molecule has 0 aliphatic carbocycles. The third-order valence-corrected chi connectivity index (χ3v) is 3.18. The number of carboxylic acid groups (broad SMARTS) is 1. The SMILES string of the molecule is CCC(C(=O)O)[PH](=O)OCCCl. The van der Waals surface area contributed by atoms with Crippen molar-refractivity contribution in [2.45, 2.75) is 19.0 Å². The van der Waals surface area contributed by atoms with Crippen LogP contribution in [0, 0.1) is 0 Å². The van der Waals surface area contributed by atoms with E-state index in [1.165, 1.54) is 0 Å². The quantitative estimate of drug-likeness (QED) is 0.539. The molecule has 0 rings (SSSR count). The maximum Gasteiger partial charge on any atom is 0.316 e. The van der Waals surface area contributed by atoms with Crippen LogP contribution in [0.4, 0.5) is 0 Å². The van der Waals surface area contributed by atoms with Gasteiger partial charge in [-0.25, -0.2) is 0 Å². The van der Waals surface area contributed by atoms with E-state index in [1.807, 2.05) is 0 Å². The van der Waals surface area contributed by atoms with Crippen molar-refractivity contribution < 1.29 is 19.0 Å². The monoisotopic (exact) mass is 214 g/mol. The Balaban J connectivity index is 3.95. The molecule has 0 radical (unpaired) electrons. The predicted octanol–water partition coefficient (Wildman–Crippen LogP) is 1.58. The summed E-state index contributed by atoms with van der Waals surface area (Å²) in [4.78, 5) is 10.4. The minimum Gasteiger partial charge on any atom is -0.481 e. The van der Waals surface area contributed by atoms with Crippen LogP contribution in [0.2, 0.25) is 0 Å². The van der Waals surface area contributed by atoms with Crippen molar-refractivity contribution in [2.24, 2.45) is 0 Å². The van der Waals surface area contributed by atoms with E-state index >= 15 is 0 Å². The van der Waals surface area contributed by atoms with Crippen molar-refractivity contribution in [3.05, 3.63) is 0 Å². The largest absolute Gasteiger partial charge is 0.481 e. The van der Waals surface area contributed by atoms with Crippen LogP contribution in [-0.2, 0) is 13.9 Å². The summed E-state index contributed by atoms with van der Waals surface area (Å²) in [6.45, 7) is 1.80. The van der Waals surface area contributed by atoms with E-state index in [9.17, 15) is 9.36 Å². The van der Waals surface area contributed by atoms with E-state index in [2.05, 4.69) is 0 Å². The van der Waals surface area contributed by atoms with Crippen LogP contribution < -0.4 is 0 Å². The Labute approximate surface area is 76.7 Å². The summed E-state index contributed by atoms with van der Waals surface area (Å²) >= 11 is 5.28. The number of hydrogen-bond donors (Lipinski definition) is 1. The van der Waals surface area contributed by atoms with Gasteiger partial charge in [-0.05, 0) is 6.42 Å². The molecule has 0 aromatic heterocycles. The Hall–Kier alpha value is -0.0500. The highest BCUT2D eigenvalue weighted by Gasteiger charge is 2.22. The first-order valence-corrected chi connectivity index (χ1v) is 5.51. The van der Waals surface area contributed by atoms with Crippen LogP contribution in [0.15, 0.2) is 0 Å². The first kappa shape index (κ1) is 11.9. The fourth-order valence-corrected chi connectivity index (χ4v) is 1.93. The summed E-state index contributed by atoms with van der Waals surface area (Å²) in [5.74, 6) is -0.845. The maximum absolute atomic E-state index is 11.1. The number of carboxylic acids is 1. The Kier molecular flexibility index (Phi) is 6.44. The Bertz CT molecular complexity index is 173. The average molecular weight is 215 g/mol. The summed E-state index contributed by atoms with van der Waals surface area (Å²) in [6.07, 6.45) is 0.315. The van der Waals surface area contributed by atoms with Crippen LogP contribution in [-0.4, -0.2) is 29.2 Å². The van der Waals surface area contributed by atoms with Crippen LogP contribution >= 0.6 is 19.6 Å². The second-order valence-corrected chi connectivity index (χ2v) is 4.16. The highest BCUT2D eigenvalue weighted by Crippen LogP contribution is 2.31. The van der Waals surface area contributed by atoms with Gasteiger partial charge < -0.3 is 9.63 Å². The zero-order chi connectivity index (χ0) is 9.56. The van der Waals surface area contributed by atoms with E-state index in [0.717, 1.165) is 0 Å². The van der Waals surface area contributed by atoms with Crippen LogP contribution in [0.25, 0.3) is 0 Å². The van der Waals surface area contributed by atoms with Gasteiger partial charge >= 0.3 is 5.97 Å². The minimum absolute atomic E-state index is 0.142. The zero-order valence-corrected chi connectivity index (χ0v) is 8.50. The van der Waals surface area contributed by atoms with Gasteiger partial charge in [-0.3, -0.25) is 9.36 Å². The first-order chi connectivity index (χ1) is 5.63. The molecular formula is C6H12ClO4P. The topological polar surface area (TPSA) is 63.6 Å². The van der Waals surface area contributed by atoms with Gasteiger partial charge in [0.25, 0.3) is 0 Å². The molecule has 0 saturated heterocycles. The van der Waals surface area contributed by atoms with Gasteiger partial charge in [0.05, 0.1) is 6.61 Å². The molecule has 2 atom stereocenters. The predicted molar refractivity (Wildman–Crippen MR) is 47.4 cm³/mol. The van der Waals surface area contributed by atoms with Crippen LogP contribution in [0.5, 0.6) is 0 Å². The van der Waals surface area contributed by atoms with Crippen molar-refractivity contribution in [2.75, 3.05) is 12.5 Å². The first-order valence-electron chi connectivity index (χ1n) is 3.58. The molecular weight excluding hydrogens is 202 g/mol. The lowest BCUT2D eigenvalue weighted by atomic mass is 10.3. The molecule has 0 spiro atoms. The molecule has 6 heteroatoms. The highest BCUT2D eigenvalue weighted by molar-refractivity contribution is 7.41. The van der Waals surface area contributed by atoms with Crippen LogP contribution in [0.3, 0.4) is 0 Å². The summed E-state index contributed by atoms with van der Waals surface area (Å²) in [6, 6.07) is 0. The highest BCUT2D eigenvalue weighted by atomic mass is 35.5. The third kappa shape index (κ3) is 4.10. The molecule has 12 heavy (non-hydrogen) atoms. The number of alkyl halides is 1. The maximum atomic E-state index is 11.1. The van der Waals surface area contributed by atoms with Crippen molar-refractivity contribution in [3.63, 3.8) is 0 Å². The van der Waals surface area contributed by atoms with Gasteiger partial charge in [-0.1, -0.05) is 6.92 Å². The second kappa shape index (κ2) is 6.46. The van der Waals surface area contributed by atoms with Crippen LogP contribution in [0.1, 0.15) is 13.3 Å². The molecule has 0 aliphatic heterocycles. The lowest BCUT2D eigenvalue weighted by Crippen LogP contribution is -2.15. The van der Waals surface area contributed by atoms with Crippen molar-refractivity contribution in [1.29, 1.82) is 0 Å². The molecule has 0 amide bonds. The smallest absolute Gasteiger partial charge is 0.316 e. The summed E-state index contributed by atoms with van der Waals surface area (Å²) in [7, 11) is -2.48. The fraction of sp³-hybridized carbons (Fsp3) is 0.833. The van der Waals surface area contributed by atoms with Gasteiger partial charge in [0.15, 0.2) is 0 Å². The Morgan fingerprint density at radius 3 is 2.67 bits per heavy atom. The van der Waals surface area contributed by atoms with Crippen molar-refractivity contribution in [3.8, 4) is 0 Å². The van der Waals surface area contributed by atoms with E-state index < -0.39 is 19.7 Å². The van der Waals surface area contributed by atoms with Gasteiger partial charge in [0.2, 0.25) is 8.03 Å². The van der Waals surface area contributed by atoms with Crippen molar-refractivity contribution >= 4 is 25.6 Å². The molecule has 0 aliphatic rings. The molecule has 1 N–H and O–H groups in total. The molecule has 2 unspecified atom stereocenters. The average Bonchev–Trinajstić information content (AvgIpc) is 2.01. The zero-order valence-electron chi connectivity index (χ0n) is 6.75. The summed E-state index contributed by atoms with van der Waals surface area (Å²) in [5.41, 5.74) is -0.877. The normalized spacial score (nSPS) is 15.5. The van der Waals surface area contributed by atoms with Gasteiger partial charge in [-0.15, -0.1) is 11.6 Å². The molecule has 0 aromatic rings. The lowest BCUT2D eigenvalue weighted by Gasteiger charge is -2.08. The van der Waals surface area contributed by atoms with E-state index in [4.69, 9.17) is 21.2 Å². The van der Waals surface area contributed by atoms with E-state index in [0.29, 0.717) is 6.42 Å².